The van der Waals surface area contributed by atoms with Gasteiger partial charge in [0.15, 0.2) is 0 Å². The van der Waals surface area contributed by atoms with Gasteiger partial charge in [0.2, 0.25) is 23.6 Å². The second-order valence-electron chi connectivity index (χ2n) is 6.00. The zero-order valence-corrected chi connectivity index (χ0v) is 15.5. The van der Waals surface area contributed by atoms with Crippen LogP contribution in [0.5, 0.6) is 0 Å². The molecule has 3 N–H and O–H groups in total. The van der Waals surface area contributed by atoms with Crippen molar-refractivity contribution in [1.29, 1.82) is 0 Å². The molecule has 2 rings (SSSR count). The van der Waals surface area contributed by atoms with Crippen LogP contribution in [0.3, 0.4) is 0 Å². The Hall–Kier alpha value is -3.88. The summed E-state index contributed by atoms with van der Waals surface area (Å²) in [7, 11) is 0. The van der Waals surface area contributed by atoms with Crippen LogP contribution in [-0.2, 0) is 25.6 Å². The summed E-state index contributed by atoms with van der Waals surface area (Å²) in [4.78, 5) is 48.6. The lowest BCUT2D eigenvalue weighted by Crippen LogP contribution is -2.50. The van der Waals surface area contributed by atoms with Crippen LogP contribution in [0, 0.1) is 0 Å². The average molecular weight is 399 g/mol. The lowest BCUT2D eigenvalue weighted by molar-refractivity contribution is -0.136. The summed E-state index contributed by atoms with van der Waals surface area (Å²) >= 11 is 0. The van der Waals surface area contributed by atoms with Gasteiger partial charge >= 0.3 is 5.97 Å². The number of amides is 3. The monoisotopic (exact) mass is 399 g/mol. The molecule has 0 aliphatic heterocycles. The Labute approximate surface area is 167 Å². The molecule has 1 aromatic heterocycles. The number of hydrogen-bond donors (Lipinski definition) is 3. The van der Waals surface area contributed by atoms with Crippen molar-refractivity contribution in [2.45, 2.75) is 12.5 Å². The van der Waals surface area contributed by atoms with Crippen molar-refractivity contribution in [3.63, 3.8) is 0 Å². The first-order chi connectivity index (χ1) is 13.9. The zero-order valence-electron chi connectivity index (χ0n) is 15.5. The van der Waals surface area contributed by atoms with E-state index in [1.165, 1.54) is 18.4 Å². The number of carboxylic acid groups (broad SMARTS) is 1. The number of nitrogens with zero attached hydrogens (tertiary/aromatic N) is 1. The Kier molecular flexibility index (Phi) is 7.72. The van der Waals surface area contributed by atoms with Crippen molar-refractivity contribution in [3.05, 3.63) is 66.9 Å². The second kappa shape index (κ2) is 10.5. The van der Waals surface area contributed by atoms with Crippen LogP contribution in [0.2, 0.25) is 0 Å². The summed E-state index contributed by atoms with van der Waals surface area (Å²) < 4.78 is 5.08. The van der Waals surface area contributed by atoms with Gasteiger partial charge in [0.1, 0.15) is 12.6 Å². The third-order valence-electron chi connectivity index (χ3n) is 3.88. The number of rotatable bonds is 10. The Morgan fingerprint density at radius 2 is 1.86 bits per heavy atom. The van der Waals surface area contributed by atoms with E-state index >= 15 is 0 Å². The van der Waals surface area contributed by atoms with E-state index < -0.39 is 42.8 Å². The van der Waals surface area contributed by atoms with Gasteiger partial charge in [-0.2, -0.15) is 0 Å². The van der Waals surface area contributed by atoms with Gasteiger partial charge < -0.3 is 20.2 Å². The third-order valence-corrected chi connectivity index (χ3v) is 3.88. The maximum Gasteiger partial charge on any atom is 0.323 e. The number of furan rings is 1. The SMILES string of the molecule is C=CC(=O)NC(Cc1ccccc1)C(=O)NCC(=O)N(CC(=O)O)c1ccco1. The van der Waals surface area contributed by atoms with E-state index in [2.05, 4.69) is 17.2 Å². The Morgan fingerprint density at radius 1 is 1.14 bits per heavy atom. The molecule has 0 bridgehead atoms. The first-order valence-electron chi connectivity index (χ1n) is 8.71. The fourth-order valence-corrected chi connectivity index (χ4v) is 2.52. The predicted octanol–water partition coefficient (Wildman–Crippen LogP) is 0.727. The van der Waals surface area contributed by atoms with Crippen molar-refractivity contribution < 1.29 is 28.7 Å². The van der Waals surface area contributed by atoms with Gasteiger partial charge in [-0.3, -0.25) is 24.1 Å². The highest BCUT2D eigenvalue weighted by Crippen LogP contribution is 2.14. The van der Waals surface area contributed by atoms with Crippen LogP contribution in [0.4, 0.5) is 5.88 Å². The summed E-state index contributed by atoms with van der Waals surface area (Å²) in [6, 6.07) is 11.0. The smallest absolute Gasteiger partial charge is 0.323 e. The highest BCUT2D eigenvalue weighted by atomic mass is 16.4. The van der Waals surface area contributed by atoms with Gasteiger partial charge in [-0.25, -0.2) is 0 Å². The number of aliphatic carboxylic acids is 1. The van der Waals surface area contributed by atoms with E-state index in [0.717, 1.165) is 16.5 Å². The highest BCUT2D eigenvalue weighted by molar-refractivity contribution is 6.00. The quantitative estimate of drug-likeness (QED) is 0.505. The maximum absolute atomic E-state index is 12.6. The number of anilines is 1. The number of carbonyl (C=O) groups excluding carboxylic acids is 3. The first-order valence-corrected chi connectivity index (χ1v) is 8.71. The van der Waals surface area contributed by atoms with Crippen LogP contribution in [-0.4, -0.2) is 47.9 Å². The number of benzene rings is 1. The molecule has 0 aliphatic rings. The maximum atomic E-state index is 12.6. The number of carbonyl (C=O) groups is 4. The summed E-state index contributed by atoms with van der Waals surface area (Å²) in [5.74, 6) is -2.99. The summed E-state index contributed by atoms with van der Waals surface area (Å²) in [5, 5.41) is 14.0. The molecule has 1 atom stereocenters. The molecule has 0 saturated heterocycles. The molecule has 3 amide bonds. The second-order valence-corrected chi connectivity index (χ2v) is 6.00. The van der Waals surface area contributed by atoms with E-state index in [1.54, 1.807) is 24.3 Å². The van der Waals surface area contributed by atoms with E-state index in [0.29, 0.717) is 0 Å². The average Bonchev–Trinajstić information content (AvgIpc) is 3.24. The molecule has 1 unspecified atom stereocenters. The lowest BCUT2D eigenvalue weighted by atomic mass is 10.1. The van der Waals surface area contributed by atoms with Crippen molar-refractivity contribution in [3.8, 4) is 0 Å². The molecule has 0 fully saturated rings. The minimum atomic E-state index is -1.23. The van der Waals surface area contributed by atoms with Crippen LogP contribution in [0.25, 0.3) is 0 Å². The summed E-state index contributed by atoms with van der Waals surface area (Å²) in [5.41, 5.74) is 0.812. The van der Waals surface area contributed by atoms with Gasteiger partial charge in [-0.1, -0.05) is 36.9 Å². The van der Waals surface area contributed by atoms with Crippen LogP contribution in [0.15, 0.2) is 65.8 Å². The van der Waals surface area contributed by atoms with Crippen molar-refractivity contribution in [2.75, 3.05) is 18.0 Å². The van der Waals surface area contributed by atoms with E-state index in [9.17, 15) is 19.2 Å². The standard InChI is InChI=1S/C20H21N3O6/c1-2-16(24)22-15(11-14-7-4-3-5-8-14)20(28)21-12-17(25)23(13-19(26)27)18-9-6-10-29-18/h2-10,15H,1,11-13H2,(H,21,28)(H,22,24)(H,26,27). The molecule has 0 aliphatic carbocycles. The summed E-state index contributed by atoms with van der Waals surface area (Å²) in [6.07, 6.45) is 2.55. The number of hydrogen-bond acceptors (Lipinski definition) is 5. The molecule has 1 heterocycles. The van der Waals surface area contributed by atoms with Gasteiger partial charge in [0.05, 0.1) is 12.8 Å². The molecule has 9 heteroatoms. The van der Waals surface area contributed by atoms with E-state index in [1.807, 2.05) is 6.07 Å². The van der Waals surface area contributed by atoms with Crippen molar-refractivity contribution in [1.82, 2.24) is 10.6 Å². The topological polar surface area (TPSA) is 129 Å². The van der Waals surface area contributed by atoms with Crippen molar-refractivity contribution in [2.24, 2.45) is 0 Å². The normalized spacial score (nSPS) is 11.2. The van der Waals surface area contributed by atoms with Gasteiger partial charge in [0.25, 0.3) is 0 Å². The Bertz CT molecular complexity index is 864. The lowest BCUT2D eigenvalue weighted by Gasteiger charge is -2.20. The van der Waals surface area contributed by atoms with E-state index in [4.69, 9.17) is 9.52 Å². The number of carboxylic acids is 1. The molecular weight excluding hydrogens is 378 g/mol. The molecular formula is C20H21N3O6. The minimum Gasteiger partial charge on any atom is -0.480 e. The molecule has 1 aromatic carbocycles. The largest absolute Gasteiger partial charge is 0.480 e. The fraction of sp³-hybridized carbons (Fsp3) is 0.200. The minimum absolute atomic E-state index is 0.0486. The Balaban J connectivity index is 2.05. The van der Waals surface area contributed by atoms with Gasteiger partial charge in [-0.15, -0.1) is 0 Å². The van der Waals surface area contributed by atoms with Crippen molar-refractivity contribution >= 4 is 29.6 Å². The molecule has 29 heavy (non-hydrogen) atoms. The fourth-order valence-electron chi connectivity index (χ4n) is 2.52. The molecule has 152 valence electrons. The Morgan fingerprint density at radius 3 is 2.45 bits per heavy atom. The van der Waals surface area contributed by atoms with Gasteiger partial charge in [0, 0.05) is 12.5 Å². The van der Waals surface area contributed by atoms with Crippen LogP contribution in [0.1, 0.15) is 5.56 Å². The van der Waals surface area contributed by atoms with Crippen LogP contribution >= 0.6 is 0 Å². The van der Waals surface area contributed by atoms with Gasteiger partial charge in [-0.05, 0) is 17.7 Å². The number of nitrogens with one attached hydrogen (secondary N) is 2. The molecule has 9 nitrogen and oxygen atoms in total. The zero-order chi connectivity index (χ0) is 21.2. The third kappa shape index (κ3) is 6.65. The summed E-state index contributed by atoms with van der Waals surface area (Å²) in [6.45, 7) is 2.27. The first kappa shape index (κ1) is 21.4. The molecule has 2 aromatic rings. The molecule has 0 radical (unpaired) electrons. The van der Waals surface area contributed by atoms with Crippen LogP contribution < -0.4 is 15.5 Å². The molecule has 0 saturated carbocycles. The molecule has 0 spiro atoms. The highest BCUT2D eigenvalue weighted by Gasteiger charge is 2.24. The predicted molar refractivity (Wildman–Crippen MR) is 104 cm³/mol. The van der Waals surface area contributed by atoms with E-state index in [-0.39, 0.29) is 12.3 Å².